The number of rotatable bonds is 7. The SMILES string of the molecule is Cc1ccc(S(=O)(=O)N2CCCCC2)cc1C(=O)NCc1ccccc1Cn1ccnc1. The monoisotopic (exact) mass is 452 g/mol. The minimum Gasteiger partial charge on any atom is -0.348 e. The molecular weight excluding hydrogens is 424 g/mol. The maximum Gasteiger partial charge on any atom is 0.251 e. The van der Waals surface area contributed by atoms with E-state index < -0.39 is 10.0 Å². The standard InChI is InChI=1S/C24H28N4O3S/c1-19-9-10-22(32(30,31)28-12-5-2-6-13-28)15-23(19)24(29)26-16-20-7-3-4-8-21(20)17-27-14-11-25-18-27/h3-4,7-11,14-15,18H,2,5-6,12-13,16-17H2,1H3,(H,26,29). The lowest BCUT2D eigenvalue weighted by molar-refractivity contribution is 0.0950. The van der Waals surface area contributed by atoms with Gasteiger partial charge in [0.1, 0.15) is 0 Å². The Morgan fingerprint density at radius 2 is 1.81 bits per heavy atom. The molecule has 1 saturated heterocycles. The van der Waals surface area contributed by atoms with Crippen molar-refractivity contribution in [2.24, 2.45) is 0 Å². The third-order valence-electron chi connectivity index (χ3n) is 5.88. The van der Waals surface area contributed by atoms with Crippen LogP contribution in [0.3, 0.4) is 0 Å². The van der Waals surface area contributed by atoms with Gasteiger partial charge in [-0.1, -0.05) is 36.8 Å². The number of carbonyl (C=O) groups excluding carboxylic acids is 1. The van der Waals surface area contributed by atoms with Crippen molar-refractivity contribution in [2.45, 2.75) is 44.2 Å². The number of amides is 1. The molecule has 1 amide bonds. The third-order valence-corrected chi connectivity index (χ3v) is 7.77. The zero-order valence-corrected chi connectivity index (χ0v) is 19.0. The summed E-state index contributed by atoms with van der Waals surface area (Å²) in [7, 11) is -3.59. The molecule has 2 heterocycles. The maximum absolute atomic E-state index is 13.0. The van der Waals surface area contributed by atoms with E-state index in [1.54, 1.807) is 24.7 Å². The average molecular weight is 453 g/mol. The van der Waals surface area contributed by atoms with Gasteiger partial charge in [0.05, 0.1) is 11.2 Å². The van der Waals surface area contributed by atoms with Crippen molar-refractivity contribution in [3.63, 3.8) is 0 Å². The number of hydrogen-bond acceptors (Lipinski definition) is 4. The second-order valence-electron chi connectivity index (χ2n) is 8.13. The highest BCUT2D eigenvalue weighted by atomic mass is 32.2. The molecule has 4 rings (SSSR count). The first kappa shape index (κ1) is 22.2. The van der Waals surface area contributed by atoms with Gasteiger partial charge in [0.25, 0.3) is 5.91 Å². The number of nitrogens with zero attached hydrogens (tertiary/aromatic N) is 3. The van der Waals surface area contributed by atoms with Crippen LogP contribution in [0, 0.1) is 6.92 Å². The molecule has 1 N–H and O–H groups in total. The van der Waals surface area contributed by atoms with Crippen molar-refractivity contribution < 1.29 is 13.2 Å². The van der Waals surface area contributed by atoms with Gasteiger partial charge in [-0.05, 0) is 48.6 Å². The number of aryl methyl sites for hydroxylation is 1. The van der Waals surface area contributed by atoms with Crippen LogP contribution in [0.4, 0.5) is 0 Å². The lowest BCUT2D eigenvalue weighted by atomic mass is 10.1. The molecular formula is C24H28N4O3S. The fraction of sp³-hybridized carbons (Fsp3) is 0.333. The quantitative estimate of drug-likeness (QED) is 0.596. The largest absolute Gasteiger partial charge is 0.348 e. The Labute approximate surface area is 189 Å². The molecule has 0 radical (unpaired) electrons. The summed E-state index contributed by atoms with van der Waals surface area (Å²) >= 11 is 0. The second kappa shape index (κ2) is 9.67. The topological polar surface area (TPSA) is 84.3 Å². The van der Waals surface area contributed by atoms with Gasteiger partial charge in [0.2, 0.25) is 10.0 Å². The van der Waals surface area contributed by atoms with Crippen molar-refractivity contribution in [1.29, 1.82) is 0 Å². The molecule has 32 heavy (non-hydrogen) atoms. The van der Waals surface area contributed by atoms with Gasteiger partial charge < -0.3 is 9.88 Å². The molecule has 0 atom stereocenters. The van der Waals surface area contributed by atoms with E-state index in [4.69, 9.17) is 0 Å². The van der Waals surface area contributed by atoms with Crippen LogP contribution in [-0.4, -0.2) is 41.3 Å². The number of nitrogens with one attached hydrogen (secondary N) is 1. The van der Waals surface area contributed by atoms with Crippen LogP contribution in [0.25, 0.3) is 0 Å². The molecule has 7 nitrogen and oxygen atoms in total. The van der Waals surface area contributed by atoms with E-state index in [-0.39, 0.29) is 10.8 Å². The van der Waals surface area contributed by atoms with E-state index in [1.807, 2.05) is 42.0 Å². The van der Waals surface area contributed by atoms with E-state index in [0.29, 0.717) is 31.7 Å². The molecule has 1 aromatic heterocycles. The Hall–Kier alpha value is -2.97. The number of aromatic nitrogens is 2. The van der Waals surface area contributed by atoms with Gasteiger partial charge in [0.15, 0.2) is 0 Å². The van der Waals surface area contributed by atoms with Gasteiger partial charge >= 0.3 is 0 Å². The van der Waals surface area contributed by atoms with E-state index in [9.17, 15) is 13.2 Å². The van der Waals surface area contributed by atoms with Crippen LogP contribution < -0.4 is 5.32 Å². The van der Waals surface area contributed by atoms with Crippen LogP contribution >= 0.6 is 0 Å². The highest BCUT2D eigenvalue weighted by Gasteiger charge is 2.27. The predicted octanol–water partition coefficient (Wildman–Crippen LogP) is 3.34. The first-order chi connectivity index (χ1) is 15.4. The van der Waals surface area contributed by atoms with Crippen molar-refractivity contribution in [3.8, 4) is 0 Å². The first-order valence-corrected chi connectivity index (χ1v) is 12.3. The van der Waals surface area contributed by atoms with Crippen molar-refractivity contribution in [1.82, 2.24) is 19.2 Å². The zero-order chi connectivity index (χ0) is 22.6. The van der Waals surface area contributed by atoms with Gasteiger partial charge in [-0.15, -0.1) is 0 Å². The van der Waals surface area contributed by atoms with Gasteiger partial charge in [-0.25, -0.2) is 13.4 Å². The van der Waals surface area contributed by atoms with Crippen molar-refractivity contribution in [2.75, 3.05) is 13.1 Å². The van der Waals surface area contributed by atoms with Crippen LogP contribution in [0.5, 0.6) is 0 Å². The Morgan fingerprint density at radius 1 is 1.06 bits per heavy atom. The molecule has 1 aliphatic heterocycles. The summed E-state index contributed by atoms with van der Waals surface area (Å²) in [6.45, 7) is 3.90. The van der Waals surface area contributed by atoms with Crippen LogP contribution in [0.1, 0.15) is 46.3 Å². The van der Waals surface area contributed by atoms with Gasteiger partial charge in [-0.3, -0.25) is 4.79 Å². The second-order valence-corrected chi connectivity index (χ2v) is 10.1. The van der Waals surface area contributed by atoms with E-state index >= 15 is 0 Å². The van der Waals surface area contributed by atoms with Crippen molar-refractivity contribution in [3.05, 3.63) is 83.4 Å². The number of sulfonamides is 1. The summed E-state index contributed by atoms with van der Waals surface area (Å²) in [5.74, 6) is -0.282. The summed E-state index contributed by atoms with van der Waals surface area (Å²) in [4.78, 5) is 17.2. The summed E-state index contributed by atoms with van der Waals surface area (Å²) in [6.07, 6.45) is 8.18. The molecule has 1 aliphatic rings. The minimum absolute atomic E-state index is 0.177. The zero-order valence-electron chi connectivity index (χ0n) is 18.2. The van der Waals surface area contributed by atoms with E-state index in [1.165, 1.54) is 10.4 Å². The number of benzene rings is 2. The minimum atomic E-state index is -3.59. The van der Waals surface area contributed by atoms with E-state index in [2.05, 4.69) is 10.3 Å². The highest BCUT2D eigenvalue weighted by Crippen LogP contribution is 2.23. The molecule has 0 aliphatic carbocycles. The van der Waals surface area contributed by atoms with Crippen molar-refractivity contribution >= 4 is 15.9 Å². The van der Waals surface area contributed by atoms with Crippen LogP contribution in [0.15, 0.2) is 66.1 Å². The third kappa shape index (κ3) is 4.92. The normalized spacial score (nSPS) is 14.9. The molecule has 2 aromatic carbocycles. The molecule has 8 heteroatoms. The summed E-state index contributed by atoms with van der Waals surface area (Å²) in [5, 5.41) is 2.96. The number of carbonyl (C=O) groups is 1. The predicted molar refractivity (Wildman–Crippen MR) is 123 cm³/mol. The van der Waals surface area contributed by atoms with Gasteiger partial charge in [-0.2, -0.15) is 4.31 Å². The fourth-order valence-electron chi connectivity index (χ4n) is 3.99. The average Bonchev–Trinajstić information content (AvgIpc) is 3.32. The lowest BCUT2D eigenvalue weighted by Crippen LogP contribution is -2.35. The summed E-state index contributed by atoms with van der Waals surface area (Å²) in [6, 6.07) is 12.7. The lowest BCUT2D eigenvalue weighted by Gasteiger charge is -2.26. The Balaban J connectivity index is 1.50. The molecule has 168 valence electrons. The molecule has 0 spiro atoms. The molecule has 0 saturated carbocycles. The first-order valence-electron chi connectivity index (χ1n) is 10.9. The number of piperidine rings is 1. The smallest absolute Gasteiger partial charge is 0.251 e. The van der Waals surface area contributed by atoms with Crippen LogP contribution in [-0.2, 0) is 23.1 Å². The molecule has 0 unspecified atom stereocenters. The van der Waals surface area contributed by atoms with Gasteiger partial charge in [0, 0.05) is 44.1 Å². The Bertz CT molecular complexity index is 1180. The summed E-state index contributed by atoms with van der Waals surface area (Å²) in [5.41, 5.74) is 3.22. The summed E-state index contributed by atoms with van der Waals surface area (Å²) < 4.78 is 29.6. The number of imidazole rings is 1. The Morgan fingerprint density at radius 3 is 2.53 bits per heavy atom. The van der Waals surface area contributed by atoms with E-state index in [0.717, 1.165) is 36.0 Å². The van der Waals surface area contributed by atoms with Crippen LogP contribution in [0.2, 0.25) is 0 Å². The maximum atomic E-state index is 13.0. The molecule has 0 bridgehead atoms. The highest BCUT2D eigenvalue weighted by molar-refractivity contribution is 7.89. The molecule has 3 aromatic rings. The molecule has 1 fully saturated rings. The number of hydrogen-bond donors (Lipinski definition) is 1. The Kier molecular flexibility index (Phi) is 6.72. The fourth-order valence-corrected chi connectivity index (χ4v) is 5.54.